The van der Waals surface area contributed by atoms with Crippen LogP contribution < -0.4 is 15.8 Å². The van der Waals surface area contributed by atoms with Crippen LogP contribution in [-0.4, -0.2) is 44.6 Å². The molecule has 5 rings (SSSR count). The van der Waals surface area contributed by atoms with Gasteiger partial charge in [0.15, 0.2) is 0 Å². The molecule has 3 heterocycles. The topological polar surface area (TPSA) is 106 Å². The molecule has 3 aromatic rings. The summed E-state index contributed by atoms with van der Waals surface area (Å²) in [6, 6.07) is 5.08. The minimum atomic E-state index is -1.04. The summed E-state index contributed by atoms with van der Waals surface area (Å²) in [5.41, 5.74) is 9.57. The quantitative estimate of drug-likeness (QED) is 0.447. The van der Waals surface area contributed by atoms with Gasteiger partial charge in [-0.25, -0.2) is 4.98 Å². The highest BCUT2D eigenvalue weighted by molar-refractivity contribution is 9.10. The van der Waals surface area contributed by atoms with E-state index in [0.29, 0.717) is 35.1 Å². The highest BCUT2D eigenvalue weighted by Gasteiger charge is 2.45. The first-order valence-electron chi connectivity index (χ1n) is 9.89. The SMILES string of the molecule is Nc1ccnc2c1c(Br)cn2C1CC(Oc2cc(Cl)cc3c2CNCC3)[C@@H](O)[C@H]1O. The number of aliphatic hydroxyl groups is 2. The lowest BCUT2D eigenvalue weighted by atomic mass is 10.00. The minimum Gasteiger partial charge on any atom is -0.487 e. The summed E-state index contributed by atoms with van der Waals surface area (Å²) < 4.78 is 8.89. The van der Waals surface area contributed by atoms with Gasteiger partial charge in [0.2, 0.25) is 0 Å². The number of aromatic nitrogens is 2. The number of nitrogens with zero attached hydrogens (tertiary/aromatic N) is 2. The van der Waals surface area contributed by atoms with Gasteiger partial charge in [0.25, 0.3) is 0 Å². The van der Waals surface area contributed by atoms with Crippen molar-refractivity contribution in [1.82, 2.24) is 14.9 Å². The monoisotopic (exact) mass is 492 g/mol. The van der Waals surface area contributed by atoms with Gasteiger partial charge in [-0.15, -0.1) is 0 Å². The van der Waals surface area contributed by atoms with E-state index in [1.165, 1.54) is 0 Å². The fraction of sp³-hybridized carbons (Fsp3) is 0.381. The number of anilines is 1. The maximum atomic E-state index is 10.8. The Kier molecular flexibility index (Phi) is 5.15. The fourth-order valence-corrected chi connectivity index (χ4v) is 5.42. The van der Waals surface area contributed by atoms with Crippen molar-refractivity contribution in [2.24, 2.45) is 0 Å². The van der Waals surface area contributed by atoms with Gasteiger partial charge in [0, 0.05) is 46.1 Å². The lowest BCUT2D eigenvalue weighted by Crippen LogP contribution is -2.34. The van der Waals surface area contributed by atoms with E-state index in [0.717, 1.165) is 34.0 Å². The van der Waals surface area contributed by atoms with Crippen LogP contribution in [0.4, 0.5) is 5.69 Å². The molecule has 0 radical (unpaired) electrons. The van der Waals surface area contributed by atoms with Crippen LogP contribution in [0.1, 0.15) is 23.6 Å². The second-order valence-electron chi connectivity index (χ2n) is 7.89. The Morgan fingerprint density at radius 2 is 2.13 bits per heavy atom. The Hall–Kier alpha value is -1.84. The molecule has 1 aromatic carbocycles. The van der Waals surface area contributed by atoms with Gasteiger partial charge in [-0.05, 0) is 52.7 Å². The number of nitrogen functional groups attached to an aromatic ring is 1. The van der Waals surface area contributed by atoms with Crippen molar-refractivity contribution in [2.75, 3.05) is 12.3 Å². The number of halogens is 2. The van der Waals surface area contributed by atoms with Crippen molar-refractivity contribution in [3.8, 4) is 5.75 Å². The van der Waals surface area contributed by atoms with E-state index in [1.54, 1.807) is 18.3 Å². The van der Waals surface area contributed by atoms with Crippen LogP contribution in [0.3, 0.4) is 0 Å². The smallest absolute Gasteiger partial charge is 0.143 e. The Morgan fingerprint density at radius 1 is 1.30 bits per heavy atom. The molecule has 0 spiro atoms. The Bertz CT molecular complexity index is 1120. The third-order valence-corrected chi connectivity index (χ3v) is 6.89. The fourth-order valence-electron chi connectivity index (χ4n) is 4.56. The number of hydrogen-bond acceptors (Lipinski definition) is 6. The molecule has 0 saturated heterocycles. The van der Waals surface area contributed by atoms with Crippen LogP contribution in [-0.2, 0) is 13.0 Å². The van der Waals surface area contributed by atoms with E-state index >= 15 is 0 Å². The van der Waals surface area contributed by atoms with Crippen molar-refractivity contribution in [3.63, 3.8) is 0 Å². The molecule has 7 nitrogen and oxygen atoms in total. The predicted molar refractivity (Wildman–Crippen MR) is 119 cm³/mol. The van der Waals surface area contributed by atoms with Gasteiger partial charge >= 0.3 is 0 Å². The summed E-state index contributed by atoms with van der Waals surface area (Å²) in [6.07, 6.45) is 2.16. The number of rotatable bonds is 3. The summed E-state index contributed by atoms with van der Waals surface area (Å²) in [5, 5.41) is 26.3. The lowest BCUT2D eigenvalue weighted by molar-refractivity contribution is -0.0166. The highest BCUT2D eigenvalue weighted by Crippen LogP contribution is 2.40. The van der Waals surface area contributed by atoms with Crippen molar-refractivity contribution < 1.29 is 14.9 Å². The Labute approximate surface area is 186 Å². The average molecular weight is 494 g/mol. The van der Waals surface area contributed by atoms with Crippen molar-refractivity contribution in [3.05, 3.63) is 51.2 Å². The van der Waals surface area contributed by atoms with Crippen LogP contribution in [0, 0.1) is 0 Å². The molecule has 1 aliphatic heterocycles. The number of nitrogens with one attached hydrogen (secondary N) is 1. The number of hydrogen-bond donors (Lipinski definition) is 4. The molecule has 2 unspecified atom stereocenters. The zero-order chi connectivity index (χ0) is 21.0. The van der Waals surface area contributed by atoms with Crippen LogP contribution in [0.25, 0.3) is 11.0 Å². The standard InChI is InChI=1S/C21H22BrClN4O3/c22-13-9-27(21-18(13)14(24)2-4-26-21)15-7-17(20(29)19(15)28)30-16-6-11(23)5-10-1-3-25-8-12(10)16/h2,4-6,9,15,17,19-20,25,28-29H,1,3,7-8H2,(H2,24,26)/t15?,17?,19-,20+/m0/s1. The number of ether oxygens (including phenoxy) is 1. The molecule has 9 heteroatoms. The van der Waals surface area contributed by atoms with Crippen LogP contribution in [0.5, 0.6) is 5.75 Å². The molecule has 2 aromatic heterocycles. The molecular weight excluding hydrogens is 472 g/mol. The van der Waals surface area contributed by atoms with Gasteiger partial charge in [0.05, 0.1) is 11.4 Å². The summed E-state index contributed by atoms with van der Waals surface area (Å²) >= 11 is 9.83. The molecular formula is C21H22BrClN4O3. The second-order valence-corrected chi connectivity index (χ2v) is 9.18. The molecule has 1 fully saturated rings. The first-order chi connectivity index (χ1) is 14.4. The van der Waals surface area contributed by atoms with E-state index < -0.39 is 24.4 Å². The largest absolute Gasteiger partial charge is 0.487 e. The van der Waals surface area contributed by atoms with E-state index in [1.807, 2.05) is 16.8 Å². The second kappa shape index (κ2) is 7.69. The van der Waals surface area contributed by atoms with Crippen LogP contribution in [0.2, 0.25) is 5.02 Å². The number of aliphatic hydroxyl groups excluding tert-OH is 2. The molecule has 1 saturated carbocycles. The van der Waals surface area contributed by atoms with Gasteiger partial charge in [-0.3, -0.25) is 0 Å². The number of nitrogens with two attached hydrogens (primary N) is 1. The van der Waals surface area contributed by atoms with E-state index in [-0.39, 0.29) is 0 Å². The number of benzene rings is 1. The van der Waals surface area contributed by atoms with Gasteiger partial charge < -0.3 is 30.6 Å². The number of pyridine rings is 1. The molecule has 4 atom stereocenters. The third kappa shape index (κ3) is 3.27. The molecule has 2 aliphatic rings. The van der Waals surface area contributed by atoms with Crippen LogP contribution in [0.15, 0.2) is 35.1 Å². The zero-order valence-corrected chi connectivity index (χ0v) is 18.4. The minimum absolute atomic E-state index is 0.402. The first-order valence-corrected chi connectivity index (χ1v) is 11.1. The Balaban J connectivity index is 1.47. The summed E-state index contributed by atoms with van der Waals surface area (Å²) in [4.78, 5) is 4.44. The molecule has 5 N–H and O–H groups in total. The maximum Gasteiger partial charge on any atom is 0.143 e. The van der Waals surface area contributed by atoms with Gasteiger partial charge in [-0.2, -0.15) is 0 Å². The summed E-state index contributed by atoms with van der Waals surface area (Å²) in [5.74, 6) is 0.655. The van der Waals surface area contributed by atoms with E-state index in [2.05, 4.69) is 26.2 Å². The molecule has 158 valence electrons. The van der Waals surface area contributed by atoms with Crippen molar-refractivity contribution >= 4 is 44.3 Å². The van der Waals surface area contributed by atoms with Crippen LogP contribution >= 0.6 is 27.5 Å². The number of fused-ring (bicyclic) bond motifs is 2. The molecule has 1 aliphatic carbocycles. The van der Waals surface area contributed by atoms with E-state index in [4.69, 9.17) is 22.1 Å². The highest BCUT2D eigenvalue weighted by atomic mass is 79.9. The van der Waals surface area contributed by atoms with Gasteiger partial charge in [-0.1, -0.05) is 11.6 Å². The predicted octanol–water partition coefficient (Wildman–Crippen LogP) is 2.79. The van der Waals surface area contributed by atoms with Gasteiger partial charge in [0.1, 0.15) is 29.7 Å². The van der Waals surface area contributed by atoms with E-state index in [9.17, 15) is 10.2 Å². The van der Waals surface area contributed by atoms with Crippen molar-refractivity contribution in [2.45, 2.75) is 43.7 Å². The zero-order valence-electron chi connectivity index (χ0n) is 16.1. The molecule has 0 amide bonds. The van der Waals surface area contributed by atoms with Crippen molar-refractivity contribution in [1.29, 1.82) is 0 Å². The molecule has 30 heavy (non-hydrogen) atoms. The normalized spacial score (nSPS) is 26.1. The Morgan fingerprint density at radius 3 is 2.97 bits per heavy atom. The lowest BCUT2D eigenvalue weighted by Gasteiger charge is -2.24. The summed E-state index contributed by atoms with van der Waals surface area (Å²) in [6.45, 7) is 1.58. The average Bonchev–Trinajstić information content (AvgIpc) is 3.20. The molecule has 0 bridgehead atoms. The summed E-state index contributed by atoms with van der Waals surface area (Å²) in [7, 11) is 0. The first kappa shape index (κ1) is 20.1. The maximum absolute atomic E-state index is 10.8. The third-order valence-electron chi connectivity index (χ3n) is 6.07.